The Labute approximate surface area is 129 Å². The Morgan fingerprint density at radius 3 is 2.77 bits per heavy atom. The summed E-state index contributed by atoms with van der Waals surface area (Å²) in [5, 5.41) is 9.65. The fraction of sp³-hybridized carbons (Fsp3) is 0.625. The molecule has 1 saturated heterocycles. The zero-order valence-electron chi connectivity index (χ0n) is 13.0. The van der Waals surface area contributed by atoms with Crippen molar-refractivity contribution in [2.75, 3.05) is 19.7 Å². The summed E-state index contributed by atoms with van der Waals surface area (Å²) in [4.78, 5) is 2.14. The third-order valence-corrected chi connectivity index (χ3v) is 3.95. The quantitative estimate of drug-likeness (QED) is 0.840. The average Bonchev–Trinajstić information content (AvgIpc) is 2.91. The van der Waals surface area contributed by atoms with E-state index < -0.39 is 6.61 Å². The van der Waals surface area contributed by atoms with Crippen LogP contribution in [0.4, 0.5) is 8.78 Å². The van der Waals surface area contributed by atoms with Gasteiger partial charge in [0.2, 0.25) is 0 Å². The standard InChI is InChI=1S/C16H23F2NO3/c1-3-21-14-6-4-5-13(15(14)22-16(17)18)10-19-8-7-12(9-19)11(2)20/h4-6,11-12,16,20H,3,7-10H2,1-2H3. The molecule has 2 atom stereocenters. The fourth-order valence-corrected chi connectivity index (χ4v) is 2.82. The monoisotopic (exact) mass is 315 g/mol. The van der Waals surface area contributed by atoms with Crippen LogP contribution < -0.4 is 9.47 Å². The first-order chi connectivity index (χ1) is 10.5. The van der Waals surface area contributed by atoms with Crippen molar-refractivity contribution in [2.45, 2.75) is 39.5 Å². The minimum atomic E-state index is -2.89. The smallest absolute Gasteiger partial charge is 0.387 e. The lowest BCUT2D eigenvalue weighted by Gasteiger charge is -2.20. The van der Waals surface area contributed by atoms with Crippen molar-refractivity contribution in [3.05, 3.63) is 23.8 Å². The second-order valence-corrected chi connectivity index (χ2v) is 5.58. The Hall–Kier alpha value is -1.40. The van der Waals surface area contributed by atoms with Gasteiger partial charge in [0.25, 0.3) is 0 Å². The summed E-state index contributed by atoms with van der Waals surface area (Å²) in [7, 11) is 0. The number of aliphatic hydroxyl groups is 1. The van der Waals surface area contributed by atoms with Crippen molar-refractivity contribution in [1.29, 1.82) is 0 Å². The zero-order chi connectivity index (χ0) is 16.1. The maximum Gasteiger partial charge on any atom is 0.387 e. The van der Waals surface area contributed by atoms with Crippen molar-refractivity contribution in [3.63, 3.8) is 0 Å². The van der Waals surface area contributed by atoms with E-state index in [0.29, 0.717) is 24.5 Å². The normalized spacial score (nSPS) is 20.4. The molecule has 22 heavy (non-hydrogen) atoms. The predicted molar refractivity (Wildman–Crippen MR) is 79.3 cm³/mol. The number of halogens is 2. The predicted octanol–water partition coefficient (Wildman–Crippen LogP) is 2.89. The summed E-state index contributed by atoms with van der Waals surface area (Å²) in [5.41, 5.74) is 0.678. The lowest BCUT2D eigenvalue weighted by molar-refractivity contribution is -0.0523. The van der Waals surface area contributed by atoms with Gasteiger partial charge in [0.05, 0.1) is 12.7 Å². The minimum Gasteiger partial charge on any atom is -0.490 e. The Bertz CT molecular complexity index is 482. The number of hydrogen-bond acceptors (Lipinski definition) is 4. The molecule has 1 aromatic rings. The Kier molecular flexibility index (Phi) is 5.97. The molecule has 1 aromatic carbocycles. The van der Waals surface area contributed by atoms with Crippen LogP contribution in [0, 0.1) is 5.92 Å². The number of benzene rings is 1. The number of para-hydroxylation sites is 1. The Morgan fingerprint density at radius 2 is 2.18 bits per heavy atom. The van der Waals surface area contributed by atoms with Gasteiger partial charge in [-0.2, -0.15) is 8.78 Å². The van der Waals surface area contributed by atoms with E-state index in [1.54, 1.807) is 32.0 Å². The summed E-state index contributed by atoms with van der Waals surface area (Å²) < 4.78 is 35.4. The number of hydrogen-bond donors (Lipinski definition) is 1. The molecule has 1 heterocycles. The maximum atomic E-state index is 12.7. The van der Waals surface area contributed by atoms with Gasteiger partial charge in [-0.3, -0.25) is 4.90 Å². The second kappa shape index (κ2) is 7.74. The third-order valence-electron chi connectivity index (χ3n) is 3.95. The van der Waals surface area contributed by atoms with Crippen molar-refractivity contribution < 1.29 is 23.4 Å². The molecule has 2 unspecified atom stereocenters. The number of likely N-dealkylation sites (tertiary alicyclic amines) is 1. The van der Waals surface area contributed by atoms with Crippen molar-refractivity contribution in [1.82, 2.24) is 4.90 Å². The van der Waals surface area contributed by atoms with Crippen LogP contribution in [0.1, 0.15) is 25.8 Å². The first-order valence-corrected chi connectivity index (χ1v) is 7.61. The molecule has 1 aliphatic heterocycles. The van der Waals surface area contributed by atoms with Gasteiger partial charge in [-0.25, -0.2) is 0 Å². The van der Waals surface area contributed by atoms with Crippen molar-refractivity contribution in [2.24, 2.45) is 5.92 Å². The number of rotatable bonds is 7. The fourth-order valence-electron chi connectivity index (χ4n) is 2.82. The van der Waals surface area contributed by atoms with Crippen LogP contribution in [0.15, 0.2) is 18.2 Å². The lowest BCUT2D eigenvalue weighted by atomic mass is 10.0. The Balaban J connectivity index is 2.14. The highest BCUT2D eigenvalue weighted by molar-refractivity contribution is 5.46. The molecule has 0 aliphatic carbocycles. The largest absolute Gasteiger partial charge is 0.490 e. The summed E-state index contributed by atoms with van der Waals surface area (Å²) in [6.07, 6.45) is 0.560. The molecule has 2 rings (SSSR count). The highest BCUT2D eigenvalue weighted by Crippen LogP contribution is 2.34. The van der Waals surface area contributed by atoms with E-state index >= 15 is 0 Å². The van der Waals surface area contributed by atoms with Gasteiger partial charge < -0.3 is 14.6 Å². The summed E-state index contributed by atoms with van der Waals surface area (Å²) in [6, 6.07) is 5.18. The van der Waals surface area contributed by atoms with Gasteiger partial charge in [0.1, 0.15) is 0 Å². The molecule has 4 nitrogen and oxygen atoms in total. The van der Waals surface area contributed by atoms with E-state index in [9.17, 15) is 13.9 Å². The number of alkyl halides is 2. The highest BCUT2D eigenvalue weighted by Gasteiger charge is 2.27. The number of aliphatic hydroxyl groups excluding tert-OH is 1. The van der Waals surface area contributed by atoms with Crippen LogP contribution in [0.25, 0.3) is 0 Å². The van der Waals surface area contributed by atoms with Gasteiger partial charge in [-0.15, -0.1) is 0 Å². The van der Waals surface area contributed by atoms with E-state index in [-0.39, 0.29) is 17.8 Å². The van der Waals surface area contributed by atoms with Crippen molar-refractivity contribution in [3.8, 4) is 11.5 Å². The Morgan fingerprint density at radius 1 is 1.41 bits per heavy atom. The molecule has 0 spiro atoms. The molecule has 1 N–H and O–H groups in total. The van der Waals surface area contributed by atoms with Crippen LogP contribution >= 0.6 is 0 Å². The van der Waals surface area contributed by atoms with Crippen molar-refractivity contribution >= 4 is 0 Å². The van der Waals surface area contributed by atoms with Gasteiger partial charge in [0, 0.05) is 18.7 Å². The molecule has 124 valence electrons. The van der Waals surface area contributed by atoms with Crippen LogP contribution in [0.2, 0.25) is 0 Å². The minimum absolute atomic E-state index is 0.111. The second-order valence-electron chi connectivity index (χ2n) is 5.58. The summed E-state index contributed by atoms with van der Waals surface area (Å²) in [5.74, 6) is 0.681. The van der Waals surface area contributed by atoms with Gasteiger partial charge in [-0.05, 0) is 38.8 Å². The molecular formula is C16H23F2NO3. The number of nitrogens with zero attached hydrogens (tertiary/aromatic N) is 1. The SMILES string of the molecule is CCOc1cccc(CN2CCC(C(C)O)C2)c1OC(F)F. The maximum absolute atomic E-state index is 12.7. The van der Waals surface area contributed by atoms with Crippen LogP contribution in [-0.4, -0.2) is 42.4 Å². The molecule has 0 radical (unpaired) electrons. The third kappa shape index (κ3) is 4.30. The molecule has 0 bridgehead atoms. The summed E-state index contributed by atoms with van der Waals surface area (Å²) in [6.45, 7) is 3.18. The molecule has 6 heteroatoms. The first kappa shape index (κ1) is 17.0. The lowest BCUT2D eigenvalue weighted by Crippen LogP contribution is -2.24. The highest BCUT2D eigenvalue weighted by atomic mass is 19.3. The zero-order valence-corrected chi connectivity index (χ0v) is 13.0. The van der Waals surface area contributed by atoms with E-state index in [2.05, 4.69) is 9.64 Å². The van der Waals surface area contributed by atoms with Crippen LogP contribution in [-0.2, 0) is 6.54 Å². The van der Waals surface area contributed by atoms with Gasteiger partial charge >= 0.3 is 6.61 Å². The summed E-state index contributed by atoms with van der Waals surface area (Å²) >= 11 is 0. The van der Waals surface area contributed by atoms with Crippen LogP contribution in [0.3, 0.4) is 0 Å². The molecular weight excluding hydrogens is 292 g/mol. The van der Waals surface area contributed by atoms with Crippen LogP contribution in [0.5, 0.6) is 11.5 Å². The van der Waals surface area contributed by atoms with E-state index in [0.717, 1.165) is 19.5 Å². The molecule has 0 amide bonds. The van der Waals surface area contributed by atoms with E-state index in [1.807, 2.05) is 0 Å². The molecule has 1 aliphatic rings. The molecule has 0 aromatic heterocycles. The average molecular weight is 315 g/mol. The number of ether oxygens (including phenoxy) is 2. The molecule has 1 fully saturated rings. The van der Waals surface area contributed by atoms with E-state index in [4.69, 9.17) is 4.74 Å². The first-order valence-electron chi connectivity index (χ1n) is 7.61. The van der Waals surface area contributed by atoms with E-state index in [1.165, 1.54) is 0 Å². The van der Waals surface area contributed by atoms with Gasteiger partial charge in [0.15, 0.2) is 11.5 Å². The molecule has 0 saturated carbocycles. The topological polar surface area (TPSA) is 41.9 Å². The van der Waals surface area contributed by atoms with Gasteiger partial charge in [-0.1, -0.05) is 12.1 Å².